The normalized spacial score (nSPS) is 29.6. The van der Waals surface area contributed by atoms with Crippen LogP contribution in [0.5, 0.6) is 0 Å². The highest BCUT2D eigenvalue weighted by Crippen LogP contribution is 2.53. The molecule has 138 valence electrons. The van der Waals surface area contributed by atoms with Crippen LogP contribution >= 0.6 is 0 Å². The maximum Gasteiger partial charge on any atom is 0.259 e. The van der Waals surface area contributed by atoms with Gasteiger partial charge in [0.1, 0.15) is 17.3 Å². The zero-order valence-electron chi connectivity index (χ0n) is 15.5. The summed E-state index contributed by atoms with van der Waals surface area (Å²) in [4.78, 5) is 19.5. The number of carbonyl (C=O) groups is 1. The minimum Gasteiger partial charge on any atom is -0.365 e. The number of anilines is 1. The number of amides is 1. The Balaban J connectivity index is 1.76. The van der Waals surface area contributed by atoms with Crippen LogP contribution in [0, 0.1) is 17.2 Å². The predicted octanol–water partition coefficient (Wildman–Crippen LogP) is 2.40. The number of hydrogen-bond donors (Lipinski definition) is 1. The van der Waals surface area contributed by atoms with Crippen LogP contribution in [0.4, 0.5) is 5.69 Å². The first-order valence-electron chi connectivity index (χ1n) is 10.1. The van der Waals surface area contributed by atoms with Gasteiger partial charge < -0.3 is 10.6 Å². The van der Waals surface area contributed by atoms with E-state index in [1.165, 1.54) is 50.6 Å². The molecule has 2 aliphatic heterocycles. The van der Waals surface area contributed by atoms with Crippen LogP contribution in [0.15, 0.2) is 34.5 Å². The highest BCUT2D eigenvalue weighted by molar-refractivity contribution is 6.17. The van der Waals surface area contributed by atoms with E-state index >= 15 is 0 Å². The molecule has 5 heteroatoms. The molecule has 1 saturated carbocycles. The van der Waals surface area contributed by atoms with Gasteiger partial charge >= 0.3 is 0 Å². The zero-order valence-corrected chi connectivity index (χ0v) is 15.5. The number of allylic oxidation sites excluding steroid dienone is 2. The van der Waals surface area contributed by atoms with Crippen molar-refractivity contribution in [3.05, 3.63) is 40.0 Å². The molecular weight excluding hydrogens is 336 g/mol. The van der Waals surface area contributed by atoms with Crippen LogP contribution < -0.4 is 21.2 Å². The summed E-state index contributed by atoms with van der Waals surface area (Å²) in [5, 5.41) is 11.0. The van der Waals surface area contributed by atoms with E-state index < -0.39 is 5.91 Å². The number of fused-ring (bicyclic) bond motifs is 3. The Hall–Kier alpha value is -2.61. The lowest BCUT2D eigenvalue weighted by atomic mass is 9.70. The van der Waals surface area contributed by atoms with E-state index in [1.807, 2.05) is 24.3 Å². The standard InChI is InChI=1S/C22H24N4O/c23-13-17(21(24)27)14-8-9-18-20(12-14)26-19-7-2-1-5-15(19)11-16-6-3-4-10-22(16,26)25-18/h8-9,12,16H,1-7,10-11H2,(H2,24,27)/b17-14+/t16-,22+/m0/s1. The van der Waals surface area contributed by atoms with E-state index in [4.69, 9.17) is 10.7 Å². The van der Waals surface area contributed by atoms with Gasteiger partial charge in [0.2, 0.25) is 0 Å². The summed E-state index contributed by atoms with van der Waals surface area (Å²) in [7, 11) is 0. The fourth-order valence-corrected chi connectivity index (χ4v) is 5.72. The number of nitrogens with two attached hydrogens (primary N) is 1. The fourth-order valence-electron chi connectivity index (χ4n) is 5.72. The molecule has 2 atom stereocenters. The van der Waals surface area contributed by atoms with Crippen LogP contribution in [0.2, 0.25) is 0 Å². The van der Waals surface area contributed by atoms with Gasteiger partial charge in [-0.3, -0.25) is 9.79 Å². The predicted molar refractivity (Wildman–Crippen MR) is 103 cm³/mol. The first kappa shape index (κ1) is 16.6. The van der Waals surface area contributed by atoms with Crippen LogP contribution in [-0.2, 0) is 4.79 Å². The molecule has 1 fully saturated rings. The average molecular weight is 360 g/mol. The Bertz CT molecular complexity index is 1030. The minimum atomic E-state index is -0.672. The van der Waals surface area contributed by atoms with Crippen molar-refractivity contribution in [3.8, 4) is 6.07 Å². The SMILES string of the molecule is N#C/C(C(N)=O)=c1/ccc2c(c1)N1C3=C(CCCC3)C[C@@H]3CCCC[C@]31N=2. The van der Waals surface area contributed by atoms with Crippen molar-refractivity contribution in [1.82, 2.24) is 0 Å². The first-order valence-corrected chi connectivity index (χ1v) is 10.1. The van der Waals surface area contributed by atoms with E-state index in [2.05, 4.69) is 4.90 Å². The van der Waals surface area contributed by atoms with Crippen LogP contribution in [0.25, 0.3) is 5.57 Å². The van der Waals surface area contributed by atoms with Crippen molar-refractivity contribution in [2.75, 3.05) is 4.90 Å². The smallest absolute Gasteiger partial charge is 0.259 e. The van der Waals surface area contributed by atoms with Crippen molar-refractivity contribution in [1.29, 1.82) is 5.26 Å². The van der Waals surface area contributed by atoms with Gasteiger partial charge in [-0.15, -0.1) is 0 Å². The summed E-state index contributed by atoms with van der Waals surface area (Å²) in [6, 6.07) is 7.72. The number of carbonyl (C=O) groups excluding carboxylic acids is 1. The maximum absolute atomic E-state index is 11.7. The molecule has 2 heterocycles. The molecule has 0 saturated heterocycles. The van der Waals surface area contributed by atoms with Crippen molar-refractivity contribution in [2.45, 2.75) is 63.5 Å². The molecule has 0 unspecified atom stereocenters. The molecule has 0 bridgehead atoms. The molecule has 1 spiro atoms. The van der Waals surface area contributed by atoms with Crippen molar-refractivity contribution in [3.63, 3.8) is 0 Å². The van der Waals surface area contributed by atoms with Gasteiger partial charge in [0.15, 0.2) is 0 Å². The molecular formula is C22H24N4O. The van der Waals surface area contributed by atoms with E-state index in [0.29, 0.717) is 11.1 Å². The Kier molecular flexibility index (Phi) is 3.65. The quantitative estimate of drug-likeness (QED) is 0.835. The van der Waals surface area contributed by atoms with Gasteiger partial charge in [0.25, 0.3) is 5.91 Å². The highest BCUT2D eigenvalue weighted by atomic mass is 16.1. The van der Waals surface area contributed by atoms with Crippen LogP contribution in [0.1, 0.15) is 57.8 Å². The average Bonchev–Trinajstić information content (AvgIpc) is 3.00. The molecule has 2 aliphatic carbocycles. The monoisotopic (exact) mass is 360 g/mol. The third kappa shape index (κ3) is 2.29. The van der Waals surface area contributed by atoms with Gasteiger partial charge in [-0.05, 0) is 63.5 Å². The molecule has 0 aromatic heterocycles. The number of primary amides is 1. The molecule has 1 aromatic rings. The molecule has 1 aromatic carbocycles. The van der Waals surface area contributed by atoms with Gasteiger partial charge in [0, 0.05) is 16.8 Å². The number of nitriles is 1. The van der Waals surface area contributed by atoms with Gasteiger partial charge in [-0.25, -0.2) is 0 Å². The number of nitrogens with zero attached hydrogens (tertiary/aromatic N) is 3. The third-order valence-electron chi connectivity index (χ3n) is 6.88. The van der Waals surface area contributed by atoms with E-state index in [0.717, 1.165) is 23.9 Å². The lowest BCUT2D eigenvalue weighted by molar-refractivity contribution is -0.112. The van der Waals surface area contributed by atoms with Gasteiger partial charge in [0.05, 0.1) is 11.0 Å². The molecule has 27 heavy (non-hydrogen) atoms. The van der Waals surface area contributed by atoms with Gasteiger partial charge in [-0.1, -0.05) is 18.1 Å². The second-order valence-corrected chi connectivity index (χ2v) is 8.28. The Labute approximate surface area is 158 Å². The summed E-state index contributed by atoms with van der Waals surface area (Å²) in [6.07, 6.45) is 10.8. The zero-order chi connectivity index (χ0) is 18.6. The lowest BCUT2D eigenvalue weighted by Gasteiger charge is -2.52. The highest BCUT2D eigenvalue weighted by Gasteiger charge is 2.53. The van der Waals surface area contributed by atoms with E-state index in [1.54, 1.807) is 5.57 Å². The second kappa shape index (κ2) is 5.95. The molecule has 2 N–H and O–H groups in total. The Morgan fingerprint density at radius 1 is 1.26 bits per heavy atom. The fraction of sp³-hybridized carbons (Fsp3) is 0.500. The maximum atomic E-state index is 11.7. The lowest BCUT2D eigenvalue weighted by Crippen LogP contribution is -2.55. The summed E-state index contributed by atoms with van der Waals surface area (Å²) < 4.78 is 0. The van der Waals surface area contributed by atoms with E-state index in [-0.39, 0.29) is 11.2 Å². The van der Waals surface area contributed by atoms with Crippen molar-refractivity contribution in [2.24, 2.45) is 16.6 Å². The molecule has 4 aliphatic rings. The summed E-state index contributed by atoms with van der Waals surface area (Å²) >= 11 is 0. The van der Waals surface area contributed by atoms with Crippen LogP contribution in [-0.4, -0.2) is 11.6 Å². The van der Waals surface area contributed by atoms with Crippen LogP contribution in [0.3, 0.4) is 0 Å². The van der Waals surface area contributed by atoms with E-state index in [9.17, 15) is 10.1 Å². The first-order chi connectivity index (χ1) is 13.1. The molecule has 1 amide bonds. The minimum absolute atomic E-state index is 0.0220. The van der Waals surface area contributed by atoms with Crippen molar-refractivity contribution < 1.29 is 4.79 Å². The third-order valence-corrected chi connectivity index (χ3v) is 6.88. The van der Waals surface area contributed by atoms with Crippen molar-refractivity contribution >= 4 is 17.2 Å². The summed E-state index contributed by atoms with van der Waals surface area (Å²) in [5.41, 5.74) is 9.41. The largest absolute Gasteiger partial charge is 0.365 e. The Morgan fingerprint density at radius 3 is 2.93 bits per heavy atom. The molecule has 5 rings (SSSR count). The Morgan fingerprint density at radius 2 is 2.11 bits per heavy atom. The summed E-state index contributed by atoms with van der Waals surface area (Å²) in [5.74, 6) is -0.108. The molecule has 0 radical (unpaired) electrons. The van der Waals surface area contributed by atoms with Gasteiger partial charge in [-0.2, -0.15) is 5.26 Å². The second-order valence-electron chi connectivity index (χ2n) is 8.28. The number of benzene rings is 1. The topological polar surface area (TPSA) is 82.5 Å². The summed E-state index contributed by atoms with van der Waals surface area (Å²) in [6.45, 7) is 0. The number of hydrogen-bond acceptors (Lipinski definition) is 4. The number of rotatable bonds is 1. The molecule has 5 nitrogen and oxygen atoms in total.